The maximum atomic E-state index is 13.3. The Balaban J connectivity index is 1.75. The minimum absolute atomic E-state index is 0.0944. The van der Waals surface area contributed by atoms with Crippen molar-refractivity contribution in [2.75, 3.05) is 6.61 Å². The smallest absolute Gasteiger partial charge is 0.360 e. The predicted octanol–water partition coefficient (Wildman–Crippen LogP) is 5.46. The summed E-state index contributed by atoms with van der Waals surface area (Å²) in [6.45, 7) is 7.49. The van der Waals surface area contributed by atoms with E-state index in [0.29, 0.717) is 29.1 Å². The molecule has 0 saturated heterocycles. The lowest BCUT2D eigenvalue weighted by molar-refractivity contribution is -0.141. The Hall–Kier alpha value is -3.49. The fourth-order valence-electron chi connectivity index (χ4n) is 3.37. The van der Waals surface area contributed by atoms with E-state index in [1.54, 1.807) is 33.6 Å². The molecule has 0 aromatic carbocycles. The Morgan fingerprint density at radius 1 is 1.12 bits per heavy atom. The molecule has 0 amide bonds. The number of imidazole rings is 1. The van der Waals surface area contributed by atoms with Crippen molar-refractivity contribution in [1.82, 2.24) is 24.1 Å². The maximum Gasteiger partial charge on any atom is 0.433 e. The molecule has 176 valence electrons. The Bertz CT molecular complexity index is 1360. The topological polar surface area (TPSA) is 81.0 Å². The molecule has 7 nitrogen and oxygen atoms in total. The molecule has 0 saturated carbocycles. The van der Waals surface area contributed by atoms with E-state index < -0.39 is 19.9 Å². The summed E-state index contributed by atoms with van der Waals surface area (Å²) in [5.41, 5.74) is 1.55. The number of hydrogen-bond acceptors (Lipinski definition) is 5. The number of nitrogens with zero attached hydrogens (tertiary/aromatic N) is 6. The van der Waals surface area contributed by atoms with Crippen molar-refractivity contribution in [1.29, 1.82) is 5.26 Å². The van der Waals surface area contributed by atoms with Crippen LogP contribution in [0.25, 0.3) is 28.2 Å². The molecule has 34 heavy (non-hydrogen) atoms. The second-order valence-corrected chi connectivity index (χ2v) is 14.7. The van der Waals surface area contributed by atoms with Crippen molar-refractivity contribution in [3.8, 4) is 28.6 Å². The SMILES string of the molecule is C[Si](C)(C)CCOCn1cc(-c2ccc3ncc(C#N)n3c2)c(-c2cccc(C(F)(F)F)n2)n1. The lowest BCUT2D eigenvalue weighted by Crippen LogP contribution is -2.22. The van der Waals surface area contributed by atoms with Crippen LogP contribution < -0.4 is 0 Å². The minimum Gasteiger partial charge on any atom is -0.360 e. The van der Waals surface area contributed by atoms with Gasteiger partial charge in [0.25, 0.3) is 0 Å². The van der Waals surface area contributed by atoms with Crippen molar-refractivity contribution in [2.45, 2.75) is 38.6 Å². The zero-order valence-electron chi connectivity index (χ0n) is 19.0. The number of alkyl halides is 3. The van der Waals surface area contributed by atoms with Crippen LogP contribution in [0.2, 0.25) is 25.7 Å². The second-order valence-electron chi connectivity index (χ2n) is 9.09. The fraction of sp³-hybridized carbons (Fsp3) is 0.304. The molecule has 11 heteroatoms. The van der Waals surface area contributed by atoms with Gasteiger partial charge >= 0.3 is 6.18 Å². The van der Waals surface area contributed by atoms with Crippen molar-refractivity contribution in [3.63, 3.8) is 0 Å². The monoisotopic (exact) mass is 484 g/mol. The third-order valence-electron chi connectivity index (χ3n) is 5.19. The van der Waals surface area contributed by atoms with E-state index in [-0.39, 0.29) is 18.1 Å². The molecular weight excluding hydrogens is 461 g/mol. The van der Waals surface area contributed by atoms with Gasteiger partial charge in [-0.25, -0.2) is 14.6 Å². The number of ether oxygens (including phenoxy) is 1. The first kappa shape index (κ1) is 23.7. The molecule has 0 radical (unpaired) electrons. The summed E-state index contributed by atoms with van der Waals surface area (Å²) in [6, 6.07) is 10.3. The molecule has 0 unspecified atom stereocenters. The normalized spacial score (nSPS) is 12.3. The third kappa shape index (κ3) is 5.18. The standard InChI is InChI=1S/C23H23F3N6OSi/c1-34(2,3)10-9-33-15-31-14-18(16-7-8-21-28-12-17(11-27)32(21)13-16)22(30-31)19-5-4-6-20(29-19)23(24,25)26/h4-8,12-14H,9-10,15H2,1-3H3. The van der Waals surface area contributed by atoms with E-state index in [1.165, 1.54) is 18.3 Å². The molecule has 0 atom stereocenters. The summed E-state index contributed by atoms with van der Waals surface area (Å²) in [5.74, 6) is 0. The van der Waals surface area contributed by atoms with Crippen molar-refractivity contribution in [2.24, 2.45) is 0 Å². The van der Waals surface area contributed by atoms with Crippen LogP contribution in [0.15, 0.2) is 48.9 Å². The first-order chi connectivity index (χ1) is 16.0. The molecule has 0 aliphatic rings. The van der Waals surface area contributed by atoms with Crippen LogP contribution in [-0.4, -0.2) is 38.8 Å². The third-order valence-corrected chi connectivity index (χ3v) is 6.90. The summed E-state index contributed by atoms with van der Waals surface area (Å²) < 4.78 is 48.8. The highest BCUT2D eigenvalue weighted by Crippen LogP contribution is 2.33. The van der Waals surface area contributed by atoms with Gasteiger partial charge in [-0.3, -0.25) is 4.40 Å². The number of rotatable bonds is 7. The van der Waals surface area contributed by atoms with Crippen LogP contribution in [0.1, 0.15) is 11.4 Å². The van der Waals surface area contributed by atoms with Gasteiger partial charge in [-0.2, -0.15) is 23.5 Å². The number of aromatic nitrogens is 5. The highest BCUT2D eigenvalue weighted by molar-refractivity contribution is 6.76. The lowest BCUT2D eigenvalue weighted by atomic mass is 10.1. The van der Waals surface area contributed by atoms with Gasteiger partial charge in [0.15, 0.2) is 0 Å². The van der Waals surface area contributed by atoms with Gasteiger partial charge in [0.05, 0.1) is 11.9 Å². The summed E-state index contributed by atoms with van der Waals surface area (Å²) in [6.07, 6.45) is 0.321. The summed E-state index contributed by atoms with van der Waals surface area (Å²) in [5, 5.41) is 13.9. The second kappa shape index (κ2) is 9.04. The Morgan fingerprint density at radius 3 is 2.62 bits per heavy atom. The molecule has 4 aromatic heterocycles. The summed E-state index contributed by atoms with van der Waals surface area (Å²) in [4.78, 5) is 8.00. The first-order valence-electron chi connectivity index (χ1n) is 10.6. The van der Waals surface area contributed by atoms with Gasteiger partial charge in [0.1, 0.15) is 35.5 Å². The number of nitriles is 1. The average Bonchev–Trinajstić information content (AvgIpc) is 3.39. The molecule has 4 rings (SSSR count). The largest absolute Gasteiger partial charge is 0.433 e. The van der Waals surface area contributed by atoms with Crippen LogP contribution in [-0.2, 0) is 17.6 Å². The number of pyridine rings is 2. The quantitative estimate of drug-likeness (QED) is 0.257. The van der Waals surface area contributed by atoms with Crippen molar-refractivity contribution < 1.29 is 17.9 Å². The zero-order chi connectivity index (χ0) is 24.5. The van der Waals surface area contributed by atoms with E-state index in [9.17, 15) is 18.4 Å². The molecule has 0 aliphatic heterocycles. The molecule has 0 bridgehead atoms. The van der Waals surface area contributed by atoms with Crippen LogP contribution in [0.3, 0.4) is 0 Å². The van der Waals surface area contributed by atoms with Gasteiger partial charge in [-0.15, -0.1) is 0 Å². The van der Waals surface area contributed by atoms with Crippen molar-refractivity contribution >= 4 is 13.7 Å². The molecule has 4 heterocycles. The van der Waals surface area contributed by atoms with Gasteiger partial charge in [0.2, 0.25) is 0 Å². The highest BCUT2D eigenvalue weighted by atomic mass is 28.3. The van der Waals surface area contributed by atoms with Crippen LogP contribution in [0, 0.1) is 11.3 Å². The summed E-state index contributed by atoms with van der Waals surface area (Å²) >= 11 is 0. The van der Waals surface area contributed by atoms with Gasteiger partial charge < -0.3 is 4.74 Å². The molecule has 0 fully saturated rings. The molecular formula is C23H23F3N6OSi. The first-order valence-corrected chi connectivity index (χ1v) is 14.3. The van der Waals surface area contributed by atoms with E-state index in [0.717, 1.165) is 12.1 Å². The van der Waals surface area contributed by atoms with Gasteiger partial charge in [-0.05, 0) is 30.3 Å². The Morgan fingerprint density at radius 2 is 1.91 bits per heavy atom. The highest BCUT2D eigenvalue weighted by Gasteiger charge is 2.33. The Kier molecular flexibility index (Phi) is 6.29. The lowest BCUT2D eigenvalue weighted by Gasteiger charge is -2.15. The Labute approximate surface area is 195 Å². The van der Waals surface area contributed by atoms with Gasteiger partial charge in [-0.1, -0.05) is 25.7 Å². The molecule has 0 spiro atoms. The fourth-order valence-corrected chi connectivity index (χ4v) is 4.13. The summed E-state index contributed by atoms with van der Waals surface area (Å²) in [7, 11) is -1.27. The van der Waals surface area contributed by atoms with Gasteiger partial charge in [0, 0.05) is 38.2 Å². The zero-order valence-corrected chi connectivity index (χ0v) is 20.0. The average molecular weight is 485 g/mol. The van der Waals surface area contributed by atoms with Crippen molar-refractivity contribution in [3.05, 3.63) is 60.3 Å². The van der Waals surface area contributed by atoms with E-state index in [4.69, 9.17) is 4.74 Å². The van der Waals surface area contributed by atoms with Crippen LogP contribution in [0.5, 0.6) is 0 Å². The minimum atomic E-state index is -4.57. The van der Waals surface area contributed by atoms with E-state index >= 15 is 0 Å². The predicted molar refractivity (Wildman–Crippen MR) is 123 cm³/mol. The number of halogens is 3. The van der Waals surface area contributed by atoms with Crippen LogP contribution in [0.4, 0.5) is 13.2 Å². The van der Waals surface area contributed by atoms with E-state index in [1.807, 2.05) is 0 Å². The molecule has 0 aliphatic carbocycles. The number of fused-ring (bicyclic) bond motifs is 1. The van der Waals surface area contributed by atoms with Crippen LogP contribution >= 0.6 is 0 Å². The maximum absolute atomic E-state index is 13.3. The molecule has 0 N–H and O–H groups in total. The molecule has 4 aromatic rings. The van der Waals surface area contributed by atoms with E-state index in [2.05, 4.69) is 40.8 Å². The number of hydrogen-bond donors (Lipinski definition) is 0.